The van der Waals surface area contributed by atoms with Crippen LogP contribution in [-0.4, -0.2) is 46.9 Å². The van der Waals surface area contributed by atoms with Crippen LogP contribution < -0.4 is 16.4 Å². The SMILES string of the molecule is Cc1ccc(S(=O)(=O)N2CCCC[C@H]2C(=O)NNC(=O)c2nn(C)c(=O)c3ccccc23)cc1. The predicted octanol–water partition coefficient (Wildman–Crippen LogP) is 1.25. The molecule has 10 nitrogen and oxygen atoms in total. The van der Waals surface area contributed by atoms with Gasteiger partial charge in [0.1, 0.15) is 6.04 Å². The Bertz CT molecular complexity index is 1420. The van der Waals surface area contributed by atoms with E-state index >= 15 is 0 Å². The largest absolute Gasteiger partial charge is 0.290 e. The molecule has 1 aliphatic rings. The van der Waals surface area contributed by atoms with Crippen LogP contribution in [0.15, 0.2) is 58.2 Å². The van der Waals surface area contributed by atoms with Crippen molar-refractivity contribution in [1.29, 1.82) is 0 Å². The summed E-state index contributed by atoms with van der Waals surface area (Å²) >= 11 is 0. The van der Waals surface area contributed by atoms with E-state index in [1.165, 1.54) is 23.5 Å². The minimum Gasteiger partial charge on any atom is -0.271 e. The van der Waals surface area contributed by atoms with Crippen molar-refractivity contribution in [2.24, 2.45) is 7.05 Å². The fraction of sp³-hybridized carbons (Fsp3) is 0.304. The average Bonchev–Trinajstić information content (AvgIpc) is 2.85. The molecule has 2 aromatic carbocycles. The highest BCUT2D eigenvalue weighted by Gasteiger charge is 2.37. The molecule has 0 radical (unpaired) electrons. The normalized spacial score (nSPS) is 16.8. The Labute approximate surface area is 196 Å². The van der Waals surface area contributed by atoms with Crippen molar-refractivity contribution >= 4 is 32.6 Å². The number of benzene rings is 2. The Morgan fingerprint density at radius 2 is 1.68 bits per heavy atom. The van der Waals surface area contributed by atoms with E-state index in [0.717, 1.165) is 10.2 Å². The zero-order valence-electron chi connectivity index (χ0n) is 18.8. The van der Waals surface area contributed by atoms with Crippen LogP contribution in [0.5, 0.6) is 0 Å². The van der Waals surface area contributed by atoms with Crippen molar-refractivity contribution in [2.45, 2.75) is 37.1 Å². The van der Waals surface area contributed by atoms with Crippen molar-refractivity contribution in [1.82, 2.24) is 24.9 Å². The molecule has 1 atom stereocenters. The maximum absolute atomic E-state index is 13.2. The Kier molecular flexibility index (Phi) is 6.49. The van der Waals surface area contributed by atoms with Crippen LogP contribution in [0.4, 0.5) is 0 Å². The number of hydrogen-bond donors (Lipinski definition) is 2. The van der Waals surface area contributed by atoms with Gasteiger partial charge >= 0.3 is 0 Å². The number of carbonyl (C=O) groups excluding carboxylic acids is 2. The molecule has 0 unspecified atom stereocenters. The number of amides is 2. The van der Waals surface area contributed by atoms with E-state index in [9.17, 15) is 22.8 Å². The van der Waals surface area contributed by atoms with E-state index < -0.39 is 27.9 Å². The molecule has 2 heterocycles. The first-order chi connectivity index (χ1) is 16.2. The first kappa shape index (κ1) is 23.6. The monoisotopic (exact) mass is 483 g/mol. The van der Waals surface area contributed by atoms with Gasteiger partial charge in [-0.2, -0.15) is 9.40 Å². The van der Waals surface area contributed by atoms with Gasteiger partial charge in [-0.25, -0.2) is 13.1 Å². The molecule has 0 saturated carbocycles. The highest BCUT2D eigenvalue weighted by Crippen LogP contribution is 2.25. The lowest BCUT2D eigenvalue weighted by molar-refractivity contribution is -0.126. The Morgan fingerprint density at radius 3 is 2.38 bits per heavy atom. The number of nitrogens with zero attached hydrogens (tertiary/aromatic N) is 3. The zero-order chi connectivity index (χ0) is 24.5. The van der Waals surface area contributed by atoms with Crippen LogP contribution in [-0.2, 0) is 21.9 Å². The summed E-state index contributed by atoms with van der Waals surface area (Å²) in [6.07, 6.45) is 1.64. The lowest BCUT2D eigenvalue weighted by atomic mass is 10.0. The third kappa shape index (κ3) is 4.44. The molecule has 1 saturated heterocycles. The summed E-state index contributed by atoms with van der Waals surface area (Å²) in [6.45, 7) is 2.06. The molecule has 0 spiro atoms. The summed E-state index contributed by atoms with van der Waals surface area (Å²) in [5.74, 6) is -1.36. The first-order valence-electron chi connectivity index (χ1n) is 10.8. The molecule has 3 aromatic rings. The minimum absolute atomic E-state index is 0.0363. The summed E-state index contributed by atoms with van der Waals surface area (Å²) in [5, 5.41) is 4.69. The average molecular weight is 484 g/mol. The number of fused-ring (bicyclic) bond motifs is 1. The van der Waals surface area contributed by atoms with Crippen LogP contribution in [0.2, 0.25) is 0 Å². The summed E-state index contributed by atoms with van der Waals surface area (Å²) < 4.78 is 28.6. The van der Waals surface area contributed by atoms with Crippen molar-refractivity contribution in [3.8, 4) is 0 Å². The molecular weight excluding hydrogens is 458 g/mol. The molecule has 11 heteroatoms. The maximum Gasteiger partial charge on any atom is 0.290 e. The van der Waals surface area contributed by atoms with Crippen LogP contribution in [0.25, 0.3) is 10.8 Å². The maximum atomic E-state index is 13.2. The number of hydrazine groups is 1. The molecule has 2 N–H and O–H groups in total. The molecule has 178 valence electrons. The molecule has 2 amide bonds. The molecule has 0 bridgehead atoms. The second-order valence-corrected chi connectivity index (χ2v) is 10.1. The molecule has 1 fully saturated rings. The second-order valence-electron chi connectivity index (χ2n) is 8.21. The summed E-state index contributed by atoms with van der Waals surface area (Å²) in [4.78, 5) is 38.2. The van der Waals surface area contributed by atoms with Crippen LogP contribution >= 0.6 is 0 Å². The number of hydrogen-bond acceptors (Lipinski definition) is 6. The van der Waals surface area contributed by atoms with Crippen molar-refractivity contribution < 1.29 is 18.0 Å². The van der Waals surface area contributed by atoms with Gasteiger partial charge in [0, 0.05) is 19.0 Å². The Hall–Kier alpha value is -3.57. The summed E-state index contributed by atoms with van der Waals surface area (Å²) in [6, 6.07) is 12.0. The number of piperidine rings is 1. The van der Waals surface area contributed by atoms with Gasteiger partial charge < -0.3 is 0 Å². The Morgan fingerprint density at radius 1 is 1.00 bits per heavy atom. The number of carbonyl (C=O) groups is 2. The van der Waals surface area contributed by atoms with Gasteiger partial charge in [0.25, 0.3) is 17.4 Å². The summed E-state index contributed by atoms with van der Waals surface area (Å²) in [7, 11) is -2.46. The first-order valence-corrected chi connectivity index (χ1v) is 12.3. The van der Waals surface area contributed by atoms with Crippen molar-refractivity contribution in [3.05, 3.63) is 70.1 Å². The van der Waals surface area contributed by atoms with Gasteiger partial charge in [0.15, 0.2) is 5.69 Å². The lowest BCUT2D eigenvalue weighted by Gasteiger charge is -2.33. The molecule has 1 aliphatic heterocycles. The van der Waals surface area contributed by atoms with E-state index in [0.29, 0.717) is 30.0 Å². The van der Waals surface area contributed by atoms with E-state index in [-0.39, 0.29) is 22.7 Å². The van der Waals surface area contributed by atoms with Crippen LogP contribution in [0, 0.1) is 6.92 Å². The van der Waals surface area contributed by atoms with Gasteiger partial charge in [-0.05, 0) is 38.0 Å². The molecule has 1 aromatic heterocycles. The lowest BCUT2D eigenvalue weighted by Crippen LogP contribution is -2.55. The van der Waals surface area contributed by atoms with Gasteiger partial charge in [-0.1, -0.05) is 42.3 Å². The van der Waals surface area contributed by atoms with Crippen LogP contribution in [0.3, 0.4) is 0 Å². The molecule has 4 rings (SSSR count). The third-order valence-corrected chi connectivity index (χ3v) is 7.78. The van der Waals surface area contributed by atoms with Gasteiger partial charge in [-0.3, -0.25) is 25.2 Å². The van der Waals surface area contributed by atoms with E-state index in [1.807, 2.05) is 6.92 Å². The topological polar surface area (TPSA) is 130 Å². The standard InChI is InChI=1S/C23H25N5O5S/c1-15-10-12-16(13-11-15)34(32,33)28-14-6-5-9-19(28)21(29)24-25-22(30)20-17-7-3-4-8-18(17)23(31)27(2)26-20/h3-4,7-8,10-13,19H,5-6,9,14H2,1-2H3,(H,24,29)(H,25,30)/t19-/m0/s1. The number of nitrogens with one attached hydrogen (secondary N) is 2. The van der Waals surface area contributed by atoms with Crippen molar-refractivity contribution in [3.63, 3.8) is 0 Å². The zero-order valence-corrected chi connectivity index (χ0v) is 19.6. The van der Waals surface area contributed by atoms with E-state index in [1.54, 1.807) is 36.4 Å². The predicted molar refractivity (Wildman–Crippen MR) is 125 cm³/mol. The number of sulfonamides is 1. The fourth-order valence-corrected chi connectivity index (χ4v) is 5.69. The highest BCUT2D eigenvalue weighted by molar-refractivity contribution is 7.89. The van der Waals surface area contributed by atoms with Crippen LogP contribution in [0.1, 0.15) is 35.3 Å². The number of aromatic nitrogens is 2. The summed E-state index contributed by atoms with van der Waals surface area (Å²) in [5.41, 5.74) is 5.19. The number of aryl methyl sites for hydroxylation is 2. The molecule has 0 aliphatic carbocycles. The van der Waals surface area contributed by atoms with Gasteiger partial charge in [-0.15, -0.1) is 0 Å². The second kappa shape index (κ2) is 9.35. The highest BCUT2D eigenvalue weighted by atomic mass is 32.2. The molecular formula is C23H25N5O5S. The molecule has 34 heavy (non-hydrogen) atoms. The van der Waals surface area contributed by atoms with E-state index in [2.05, 4.69) is 16.0 Å². The Balaban J connectivity index is 1.54. The smallest absolute Gasteiger partial charge is 0.271 e. The van der Waals surface area contributed by atoms with Gasteiger partial charge in [0.2, 0.25) is 10.0 Å². The van der Waals surface area contributed by atoms with Crippen molar-refractivity contribution in [2.75, 3.05) is 6.54 Å². The minimum atomic E-state index is -3.89. The van der Waals surface area contributed by atoms with E-state index in [4.69, 9.17) is 0 Å². The fourth-order valence-electron chi connectivity index (χ4n) is 4.03. The van der Waals surface area contributed by atoms with Gasteiger partial charge in [0.05, 0.1) is 10.3 Å². The third-order valence-electron chi connectivity index (χ3n) is 5.85. The number of rotatable bonds is 4. The quantitative estimate of drug-likeness (QED) is 0.537.